The van der Waals surface area contributed by atoms with E-state index in [2.05, 4.69) is 34.3 Å². The lowest BCUT2D eigenvalue weighted by atomic mass is 10.1. The number of benzene rings is 1. The van der Waals surface area contributed by atoms with E-state index in [1.165, 1.54) is 0 Å². The maximum absolute atomic E-state index is 9.23. The zero-order valence-corrected chi connectivity index (χ0v) is 15.5. The molecule has 0 spiro atoms. The van der Waals surface area contributed by atoms with Crippen LogP contribution in [0, 0.1) is 18.3 Å². The minimum atomic E-state index is 0.194. The molecule has 0 bridgehead atoms. The summed E-state index contributed by atoms with van der Waals surface area (Å²) in [6.45, 7) is 5.87. The number of nitrogens with two attached hydrogens (primary N) is 1. The van der Waals surface area contributed by atoms with E-state index in [0.717, 1.165) is 61.5 Å². The lowest BCUT2D eigenvalue weighted by molar-refractivity contribution is 0.503. The molecule has 1 aromatic carbocycles. The molecule has 1 aliphatic rings. The Kier molecular flexibility index (Phi) is 5.69. The number of rotatable bonds is 5. The van der Waals surface area contributed by atoms with E-state index in [-0.39, 0.29) is 6.04 Å². The van der Waals surface area contributed by atoms with Gasteiger partial charge in [-0.1, -0.05) is 19.4 Å². The number of hydrogen-bond acceptors (Lipinski definition) is 6. The van der Waals surface area contributed by atoms with Crippen LogP contribution in [0.1, 0.15) is 43.0 Å². The summed E-state index contributed by atoms with van der Waals surface area (Å²) in [5.41, 5.74) is 9.59. The first-order chi connectivity index (χ1) is 12.6. The van der Waals surface area contributed by atoms with Gasteiger partial charge in [0, 0.05) is 36.6 Å². The summed E-state index contributed by atoms with van der Waals surface area (Å²) in [5.74, 6) is 1.49. The third-order valence-electron chi connectivity index (χ3n) is 4.67. The van der Waals surface area contributed by atoms with Gasteiger partial charge < -0.3 is 16.0 Å². The topological polar surface area (TPSA) is 90.9 Å². The number of piperidine rings is 1. The predicted octanol–water partition coefficient (Wildman–Crippen LogP) is 3.28. The first kappa shape index (κ1) is 18.2. The molecule has 1 fully saturated rings. The van der Waals surface area contributed by atoms with Gasteiger partial charge in [0.15, 0.2) is 0 Å². The van der Waals surface area contributed by atoms with Crippen molar-refractivity contribution < 1.29 is 0 Å². The highest BCUT2D eigenvalue weighted by Crippen LogP contribution is 2.23. The van der Waals surface area contributed by atoms with E-state index < -0.39 is 0 Å². The van der Waals surface area contributed by atoms with Crippen LogP contribution in [0.4, 0.5) is 17.5 Å². The molecule has 26 heavy (non-hydrogen) atoms. The number of nitrogens with zero attached hydrogens (tertiary/aromatic N) is 4. The predicted molar refractivity (Wildman–Crippen MR) is 105 cm³/mol. The van der Waals surface area contributed by atoms with Crippen LogP contribution in [0.3, 0.4) is 0 Å². The van der Waals surface area contributed by atoms with E-state index in [9.17, 15) is 5.26 Å². The highest BCUT2D eigenvalue weighted by molar-refractivity contribution is 5.59. The molecular weight excluding hydrogens is 324 g/mol. The molecule has 1 saturated heterocycles. The van der Waals surface area contributed by atoms with E-state index >= 15 is 0 Å². The van der Waals surface area contributed by atoms with Crippen molar-refractivity contribution >= 4 is 17.5 Å². The van der Waals surface area contributed by atoms with Crippen molar-refractivity contribution in [2.75, 3.05) is 23.3 Å². The number of anilines is 3. The van der Waals surface area contributed by atoms with Gasteiger partial charge >= 0.3 is 0 Å². The van der Waals surface area contributed by atoms with Gasteiger partial charge in [-0.25, -0.2) is 4.98 Å². The average Bonchev–Trinajstić information content (AvgIpc) is 2.63. The Labute approximate surface area is 155 Å². The van der Waals surface area contributed by atoms with Gasteiger partial charge in [-0.15, -0.1) is 0 Å². The molecule has 0 saturated carbocycles. The van der Waals surface area contributed by atoms with E-state index in [1.807, 2.05) is 25.1 Å². The van der Waals surface area contributed by atoms with Gasteiger partial charge in [0.05, 0.1) is 11.6 Å². The molecule has 3 rings (SSSR count). The minimum absolute atomic E-state index is 0.194. The Morgan fingerprint density at radius 3 is 2.92 bits per heavy atom. The van der Waals surface area contributed by atoms with Crippen molar-refractivity contribution in [2.24, 2.45) is 5.73 Å². The zero-order valence-electron chi connectivity index (χ0n) is 15.5. The van der Waals surface area contributed by atoms with Crippen molar-refractivity contribution in [3.63, 3.8) is 0 Å². The van der Waals surface area contributed by atoms with Crippen LogP contribution in [0.2, 0.25) is 0 Å². The van der Waals surface area contributed by atoms with Crippen LogP contribution in [-0.4, -0.2) is 29.1 Å². The monoisotopic (exact) mass is 350 g/mol. The maximum Gasteiger partial charge on any atom is 0.229 e. The van der Waals surface area contributed by atoms with Crippen molar-refractivity contribution in [1.29, 1.82) is 5.26 Å². The minimum Gasteiger partial charge on any atom is -0.355 e. The fourth-order valence-corrected chi connectivity index (χ4v) is 3.25. The van der Waals surface area contributed by atoms with E-state index in [0.29, 0.717) is 11.5 Å². The quantitative estimate of drug-likeness (QED) is 0.860. The second kappa shape index (κ2) is 8.15. The third kappa shape index (κ3) is 4.30. The zero-order chi connectivity index (χ0) is 18.5. The Morgan fingerprint density at radius 2 is 2.19 bits per heavy atom. The fourth-order valence-electron chi connectivity index (χ4n) is 3.25. The number of hydrogen-bond donors (Lipinski definition) is 2. The van der Waals surface area contributed by atoms with Crippen molar-refractivity contribution in [2.45, 2.75) is 45.6 Å². The first-order valence-electron chi connectivity index (χ1n) is 9.25. The van der Waals surface area contributed by atoms with Gasteiger partial charge in [-0.2, -0.15) is 10.2 Å². The molecule has 0 aliphatic carbocycles. The largest absolute Gasteiger partial charge is 0.355 e. The number of nitrogens with one attached hydrogen (secondary N) is 1. The van der Waals surface area contributed by atoms with Crippen molar-refractivity contribution in [3.05, 3.63) is 41.1 Å². The summed E-state index contributed by atoms with van der Waals surface area (Å²) >= 11 is 0. The first-order valence-corrected chi connectivity index (χ1v) is 9.25. The van der Waals surface area contributed by atoms with E-state index in [1.54, 1.807) is 0 Å². The molecule has 6 heteroatoms. The highest BCUT2D eigenvalue weighted by atomic mass is 15.2. The lowest BCUT2D eigenvalue weighted by Crippen LogP contribution is -2.43. The summed E-state index contributed by atoms with van der Waals surface area (Å²) in [7, 11) is 0. The van der Waals surface area contributed by atoms with Crippen LogP contribution in [0.15, 0.2) is 24.3 Å². The Bertz CT molecular complexity index is 810. The molecule has 0 unspecified atom stereocenters. The molecule has 1 aliphatic heterocycles. The molecule has 3 N–H and O–H groups in total. The van der Waals surface area contributed by atoms with Crippen molar-refractivity contribution in [1.82, 2.24) is 9.97 Å². The molecule has 136 valence electrons. The van der Waals surface area contributed by atoms with Gasteiger partial charge in [-0.3, -0.25) is 0 Å². The SMILES string of the molecule is CCCc1cc(N2CCC[C@H](N)C2)nc(Nc2ccc(C)c(C#N)c2)n1. The summed E-state index contributed by atoms with van der Waals surface area (Å²) in [4.78, 5) is 11.6. The molecular formula is C20H26N6. The van der Waals surface area contributed by atoms with Gasteiger partial charge in [0.1, 0.15) is 5.82 Å². The molecule has 6 nitrogen and oxygen atoms in total. The molecule has 2 aromatic rings. The van der Waals surface area contributed by atoms with Crippen molar-refractivity contribution in [3.8, 4) is 6.07 Å². The number of aryl methyl sites for hydroxylation is 2. The van der Waals surface area contributed by atoms with Crippen LogP contribution in [0.25, 0.3) is 0 Å². The third-order valence-corrected chi connectivity index (χ3v) is 4.67. The molecule has 1 atom stereocenters. The normalized spacial score (nSPS) is 17.0. The van der Waals surface area contributed by atoms with Gasteiger partial charge in [0.2, 0.25) is 5.95 Å². The summed E-state index contributed by atoms with van der Waals surface area (Å²) in [5, 5.41) is 12.5. The summed E-state index contributed by atoms with van der Waals surface area (Å²) in [6.07, 6.45) is 4.08. The average molecular weight is 350 g/mol. The molecule has 2 heterocycles. The fraction of sp³-hybridized carbons (Fsp3) is 0.450. The van der Waals surface area contributed by atoms with Gasteiger partial charge in [0.25, 0.3) is 0 Å². The second-order valence-corrected chi connectivity index (χ2v) is 6.91. The maximum atomic E-state index is 9.23. The lowest BCUT2D eigenvalue weighted by Gasteiger charge is -2.32. The van der Waals surface area contributed by atoms with Crippen LogP contribution < -0.4 is 16.0 Å². The molecule has 0 radical (unpaired) electrons. The summed E-state index contributed by atoms with van der Waals surface area (Å²) in [6, 6.07) is 10.2. The van der Waals surface area contributed by atoms with Gasteiger partial charge in [-0.05, 0) is 43.9 Å². The van der Waals surface area contributed by atoms with E-state index in [4.69, 9.17) is 10.7 Å². The smallest absolute Gasteiger partial charge is 0.229 e. The van der Waals surface area contributed by atoms with Crippen LogP contribution in [0.5, 0.6) is 0 Å². The highest BCUT2D eigenvalue weighted by Gasteiger charge is 2.19. The van der Waals surface area contributed by atoms with Crippen LogP contribution in [-0.2, 0) is 6.42 Å². The Morgan fingerprint density at radius 1 is 1.35 bits per heavy atom. The molecule has 1 aromatic heterocycles. The number of nitriles is 1. The number of aromatic nitrogens is 2. The Hall–Kier alpha value is -2.65. The summed E-state index contributed by atoms with van der Waals surface area (Å²) < 4.78 is 0. The van der Waals surface area contributed by atoms with Crippen LogP contribution >= 0.6 is 0 Å². The Balaban J connectivity index is 1.89. The standard InChI is InChI=1S/C20H26N6/c1-3-5-17-11-19(26-9-4-6-16(22)13-26)25-20(23-17)24-18-8-7-14(2)15(10-18)12-21/h7-8,10-11,16H,3-6,9,13,22H2,1-2H3,(H,23,24,25)/t16-/m0/s1. The second-order valence-electron chi connectivity index (χ2n) is 6.91. The molecule has 0 amide bonds.